The van der Waals surface area contributed by atoms with Crippen LogP contribution in [0.1, 0.15) is 23.6 Å². The van der Waals surface area contributed by atoms with Gasteiger partial charge in [0.25, 0.3) is 0 Å². The molecule has 3 unspecified atom stereocenters. The van der Waals surface area contributed by atoms with Crippen LogP contribution in [-0.2, 0) is 6.42 Å². The average Bonchev–Trinajstić information content (AvgIpc) is 3.44. The Hall–Kier alpha value is -2.40. The van der Waals surface area contributed by atoms with E-state index in [2.05, 4.69) is 39.9 Å². The molecule has 2 aromatic rings. The summed E-state index contributed by atoms with van der Waals surface area (Å²) >= 11 is 0. The Balaban J connectivity index is 1.35. The van der Waals surface area contributed by atoms with Gasteiger partial charge in [-0.3, -0.25) is 4.98 Å². The molecule has 5 heteroatoms. The summed E-state index contributed by atoms with van der Waals surface area (Å²) in [6.07, 6.45) is 3.52. The molecule has 2 amide bonds. The average molecular weight is 339 g/mol. The minimum Gasteiger partial charge on any atom is -0.396 e. The third-order valence-corrected chi connectivity index (χ3v) is 4.71. The fraction of sp³-hybridized carbons (Fsp3) is 0.400. The lowest BCUT2D eigenvalue weighted by atomic mass is 10.0. The van der Waals surface area contributed by atoms with Gasteiger partial charge in [0.05, 0.1) is 0 Å². The summed E-state index contributed by atoms with van der Waals surface area (Å²) in [7, 11) is 0. The summed E-state index contributed by atoms with van der Waals surface area (Å²) in [6, 6.07) is 16.0. The van der Waals surface area contributed by atoms with Crippen molar-refractivity contribution in [2.24, 2.45) is 11.8 Å². The van der Waals surface area contributed by atoms with Crippen molar-refractivity contribution in [3.8, 4) is 0 Å². The van der Waals surface area contributed by atoms with E-state index >= 15 is 0 Å². The molecule has 5 nitrogen and oxygen atoms in total. The minimum atomic E-state index is -0.168. The highest BCUT2D eigenvalue weighted by molar-refractivity contribution is 5.73. The second-order valence-corrected chi connectivity index (χ2v) is 6.68. The lowest BCUT2D eigenvalue weighted by Crippen LogP contribution is -2.40. The van der Waals surface area contributed by atoms with E-state index in [0.29, 0.717) is 31.3 Å². The van der Waals surface area contributed by atoms with Gasteiger partial charge in [-0.05, 0) is 42.4 Å². The Bertz CT molecular complexity index is 663. The first-order valence-corrected chi connectivity index (χ1v) is 8.83. The molecule has 1 aromatic carbocycles. The number of benzene rings is 1. The molecule has 0 radical (unpaired) electrons. The van der Waals surface area contributed by atoms with E-state index in [0.717, 1.165) is 12.1 Å². The van der Waals surface area contributed by atoms with E-state index in [4.69, 9.17) is 0 Å². The quantitative estimate of drug-likeness (QED) is 0.691. The van der Waals surface area contributed by atoms with E-state index in [-0.39, 0.29) is 18.6 Å². The molecule has 1 aliphatic rings. The Labute approximate surface area is 148 Å². The standard InChI is InChI=1S/C20H25N3O2/c24-14-15(10-18-8-4-5-9-21-18)12-22-20(25)23-13-17-11-19(17)16-6-2-1-3-7-16/h1-9,15,17,19,24H,10-14H2,(H2,22,23,25). The molecule has 3 atom stereocenters. The molecule has 1 aromatic heterocycles. The minimum absolute atomic E-state index is 0.0234. The summed E-state index contributed by atoms with van der Waals surface area (Å²) in [4.78, 5) is 16.2. The van der Waals surface area contributed by atoms with Gasteiger partial charge in [-0.1, -0.05) is 36.4 Å². The van der Waals surface area contributed by atoms with Gasteiger partial charge in [0.15, 0.2) is 0 Å². The van der Waals surface area contributed by atoms with Gasteiger partial charge < -0.3 is 15.7 Å². The van der Waals surface area contributed by atoms with Crippen molar-refractivity contribution in [2.75, 3.05) is 19.7 Å². The third kappa shape index (κ3) is 5.29. The highest BCUT2D eigenvalue weighted by Crippen LogP contribution is 2.46. The van der Waals surface area contributed by atoms with E-state index in [1.165, 1.54) is 5.56 Å². The number of nitrogens with zero attached hydrogens (tertiary/aromatic N) is 1. The molecule has 0 aliphatic heterocycles. The molecular formula is C20H25N3O2. The first-order chi connectivity index (χ1) is 12.3. The summed E-state index contributed by atoms with van der Waals surface area (Å²) in [5.41, 5.74) is 2.28. The predicted molar refractivity (Wildman–Crippen MR) is 97.2 cm³/mol. The zero-order chi connectivity index (χ0) is 17.5. The highest BCUT2D eigenvalue weighted by Gasteiger charge is 2.37. The molecule has 1 fully saturated rings. The number of rotatable bonds is 8. The maximum absolute atomic E-state index is 12.0. The van der Waals surface area contributed by atoms with Crippen molar-refractivity contribution < 1.29 is 9.90 Å². The van der Waals surface area contributed by atoms with Crippen LogP contribution in [0.15, 0.2) is 54.7 Å². The first kappa shape index (κ1) is 17.4. The maximum atomic E-state index is 12.0. The Morgan fingerprint density at radius 2 is 1.96 bits per heavy atom. The number of nitrogens with one attached hydrogen (secondary N) is 2. The first-order valence-electron chi connectivity index (χ1n) is 8.83. The SMILES string of the molecule is O=C(NCC(CO)Cc1ccccn1)NCC1CC1c1ccccc1. The molecule has 1 aliphatic carbocycles. The molecular weight excluding hydrogens is 314 g/mol. The van der Waals surface area contributed by atoms with Gasteiger partial charge in [-0.25, -0.2) is 4.79 Å². The van der Waals surface area contributed by atoms with Gasteiger partial charge in [0.2, 0.25) is 0 Å². The lowest BCUT2D eigenvalue weighted by Gasteiger charge is -2.15. The smallest absolute Gasteiger partial charge is 0.314 e. The lowest BCUT2D eigenvalue weighted by molar-refractivity contribution is 0.213. The zero-order valence-corrected chi connectivity index (χ0v) is 14.3. The highest BCUT2D eigenvalue weighted by atomic mass is 16.3. The summed E-state index contributed by atoms with van der Waals surface area (Å²) in [5.74, 6) is 1.06. The molecule has 3 N–H and O–H groups in total. The van der Waals surface area contributed by atoms with Gasteiger partial charge in [-0.2, -0.15) is 0 Å². The van der Waals surface area contributed by atoms with Crippen LogP contribution in [0, 0.1) is 11.8 Å². The maximum Gasteiger partial charge on any atom is 0.314 e. The monoisotopic (exact) mass is 339 g/mol. The van der Waals surface area contributed by atoms with Crippen LogP contribution in [0.2, 0.25) is 0 Å². The summed E-state index contributed by atoms with van der Waals surface area (Å²) < 4.78 is 0. The molecule has 1 heterocycles. The van der Waals surface area contributed by atoms with Gasteiger partial charge >= 0.3 is 6.03 Å². The number of carbonyl (C=O) groups excluding carboxylic acids is 1. The van der Waals surface area contributed by atoms with Crippen LogP contribution in [0.25, 0.3) is 0 Å². The molecule has 25 heavy (non-hydrogen) atoms. The molecule has 3 rings (SSSR count). The van der Waals surface area contributed by atoms with Crippen LogP contribution in [0.3, 0.4) is 0 Å². The Morgan fingerprint density at radius 1 is 1.16 bits per heavy atom. The second kappa shape index (κ2) is 8.62. The van der Waals surface area contributed by atoms with Gasteiger partial charge in [-0.15, -0.1) is 0 Å². The van der Waals surface area contributed by atoms with E-state index in [9.17, 15) is 9.90 Å². The van der Waals surface area contributed by atoms with Crippen LogP contribution in [0.4, 0.5) is 4.79 Å². The number of hydrogen-bond donors (Lipinski definition) is 3. The normalized spacial score (nSPS) is 19.9. The van der Waals surface area contributed by atoms with Crippen LogP contribution < -0.4 is 10.6 Å². The number of amides is 2. The van der Waals surface area contributed by atoms with E-state index in [1.807, 2.05) is 24.3 Å². The summed E-state index contributed by atoms with van der Waals surface area (Å²) in [6.45, 7) is 1.15. The van der Waals surface area contributed by atoms with Gasteiger partial charge in [0, 0.05) is 37.5 Å². The predicted octanol–water partition coefficient (Wildman–Crippen LogP) is 2.34. The zero-order valence-electron chi connectivity index (χ0n) is 14.3. The molecule has 0 spiro atoms. The number of carbonyl (C=O) groups is 1. The van der Waals surface area contributed by atoms with Crippen LogP contribution >= 0.6 is 0 Å². The molecule has 0 saturated heterocycles. The summed E-state index contributed by atoms with van der Waals surface area (Å²) in [5, 5.41) is 15.3. The Kier molecular flexibility index (Phi) is 6.01. The topological polar surface area (TPSA) is 74.2 Å². The van der Waals surface area contributed by atoms with Crippen molar-refractivity contribution in [3.05, 3.63) is 66.0 Å². The van der Waals surface area contributed by atoms with Crippen molar-refractivity contribution >= 4 is 6.03 Å². The van der Waals surface area contributed by atoms with Crippen LogP contribution in [0.5, 0.6) is 0 Å². The number of pyridine rings is 1. The fourth-order valence-corrected chi connectivity index (χ4v) is 3.12. The second-order valence-electron chi connectivity index (χ2n) is 6.68. The van der Waals surface area contributed by atoms with Crippen molar-refractivity contribution in [1.29, 1.82) is 0 Å². The third-order valence-electron chi connectivity index (χ3n) is 4.71. The fourth-order valence-electron chi connectivity index (χ4n) is 3.12. The van der Waals surface area contributed by atoms with E-state index < -0.39 is 0 Å². The van der Waals surface area contributed by atoms with Crippen LogP contribution in [-0.4, -0.2) is 35.8 Å². The van der Waals surface area contributed by atoms with Gasteiger partial charge in [0.1, 0.15) is 0 Å². The number of urea groups is 1. The van der Waals surface area contributed by atoms with Crippen molar-refractivity contribution in [2.45, 2.75) is 18.8 Å². The molecule has 0 bridgehead atoms. The number of aliphatic hydroxyl groups is 1. The largest absolute Gasteiger partial charge is 0.396 e. The number of aliphatic hydroxyl groups excluding tert-OH is 1. The number of hydrogen-bond acceptors (Lipinski definition) is 3. The Morgan fingerprint density at radius 3 is 2.68 bits per heavy atom. The molecule has 1 saturated carbocycles. The van der Waals surface area contributed by atoms with Crippen molar-refractivity contribution in [3.63, 3.8) is 0 Å². The van der Waals surface area contributed by atoms with E-state index in [1.54, 1.807) is 6.20 Å². The molecule has 132 valence electrons. The van der Waals surface area contributed by atoms with Crippen molar-refractivity contribution in [1.82, 2.24) is 15.6 Å². The number of aromatic nitrogens is 1.